The standard InChI is InChI=1S/C12H23N5S/c1-3-4-17-8-10(7-14-17)12(15-13)11-9-18-6-5-16(11)2/h7-8,11-12,15H,3-6,9,13H2,1-2H3. The molecule has 1 fully saturated rings. The van der Waals surface area contributed by atoms with Crippen molar-refractivity contribution in [2.45, 2.75) is 32.0 Å². The molecule has 0 radical (unpaired) electrons. The molecule has 0 amide bonds. The third-order valence-electron chi connectivity index (χ3n) is 3.47. The van der Waals surface area contributed by atoms with Gasteiger partial charge in [0.05, 0.1) is 12.2 Å². The van der Waals surface area contributed by atoms with E-state index >= 15 is 0 Å². The largest absolute Gasteiger partial charge is 0.300 e. The number of aromatic nitrogens is 2. The fraction of sp³-hybridized carbons (Fsp3) is 0.750. The molecule has 1 aromatic rings. The lowest BCUT2D eigenvalue weighted by Gasteiger charge is -2.37. The highest BCUT2D eigenvalue weighted by atomic mass is 32.2. The predicted octanol–water partition coefficient (Wildman–Crippen LogP) is 0.845. The third kappa shape index (κ3) is 3.06. The van der Waals surface area contributed by atoms with Crippen molar-refractivity contribution in [2.24, 2.45) is 5.84 Å². The highest BCUT2D eigenvalue weighted by Crippen LogP contribution is 2.26. The fourth-order valence-electron chi connectivity index (χ4n) is 2.38. The molecule has 102 valence electrons. The Balaban J connectivity index is 2.10. The Labute approximate surface area is 113 Å². The van der Waals surface area contributed by atoms with Crippen LogP contribution in [0.3, 0.4) is 0 Å². The van der Waals surface area contributed by atoms with Gasteiger partial charge in [-0.3, -0.25) is 20.9 Å². The van der Waals surface area contributed by atoms with Crippen molar-refractivity contribution in [3.05, 3.63) is 18.0 Å². The second-order valence-electron chi connectivity index (χ2n) is 4.80. The number of rotatable bonds is 5. The molecule has 0 saturated carbocycles. The molecule has 3 N–H and O–H groups in total. The van der Waals surface area contributed by atoms with Gasteiger partial charge < -0.3 is 0 Å². The Bertz CT molecular complexity index is 367. The van der Waals surface area contributed by atoms with Crippen molar-refractivity contribution in [3.8, 4) is 0 Å². The first-order valence-corrected chi connectivity index (χ1v) is 7.68. The van der Waals surface area contributed by atoms with E-state index in [0.717, 1.165) is 25.3 Å². The highest BCUT2D eigenvalue weighted by molar-refractivity contribution is 7.99. The first kappa shape index (κ1) is 13.9. The van der Waals surface area contributed by atoms with Crippen LogP contribution in [-0.4, -0.2) is 45.8 Å². The third-order valence-corrected chi connectivity index (χ3v) is 4.52. The van der Waals surface area contributed by atoms with E-state index in [1.54, 1.807) is 0 Å². The summed E-state index contributed by atoms with van der Waals surface area (Å²) in [6, 6.07) is 0.599. The molecule has 2 unspecified atom stereocenters. The summed E-state index contributed by atoms with van der Waals surface area (Å²) >= 11 is 2.00. The Morgan fingerprint density at radius 3 is 3.17 bits per heavy atom. The minimum absolute atomic E-state index is 0.161. The molecule has 5 nitrogen and oxygen atoms in total. The van der Waals surface area contributed by atoms with Crippen LogP contribution < -0.4 is 11.3 Å². The minimum atomic E-state index is 0.161. The SMILES string of the molecule is CCCn1cc(C(NN)C2CSCCN2C)cn1. The molecule has 1 aromatic heterocycles. The number of thioether (sulfide) groups is 1. The van der Waals surface area contributed by atoms with E-state index in [4.69, 9.17) is 5.84 Å². The number of hydrogen-bond acceptors (Lipinski definition) is 5. The van der Waals surface area contributed by atoms with Crippen LogP contribution in [0.1, 0.15) is 24.9 Å². The number of aryl methyl sites for hydroxylation is 1. The lowest BCUT2D eigenvalue weighted by Crippen LogP contribution is -2.49. The molecule has 0 aromatic carbocycles. The summed E-state index contributed by atoms with van der Waals surface area (Å²) in [6.07, 6.45) is 5.15. The summed E-state index contributed by atoms with van der Waals surface area (Å²) in [7, 11) is 2.17. The first-order valence-electron chi connectivity index (χ1n) is 6.52. The number of nitrogens with one attached hydrogen (secondary N) is 1. The Hall–Kier alpha value is -0.560. The van der Waals surface area contributed by atoms with Crippen LogP contribution in [-0.2, 0) is 6.54 Å². The van der Waals surface area contributed by atoms with Crippen molar-refractivity contribution in [1.82, 2.24) is 20.1 Å². The van der Waals surface area contributed by atoms with Gasteiger partial charge in [-0.2, -0.15) is 16.9 Å². The number of hydrogen-bond donors (Lipinski definition) is 2. The van der Waals surface area contributed by atoms with Crippen LogP contribution >= 0.6 is 11.8 Å². The zero-order valence-electron chi connectivity index (χ0n) is 11.2. The van der Waals surface area contributed by atoms with E-state index < -0.39 is 0 Å². The number of hydrazine groups is 1. The summed E-state index contributed by atoms with van der Waals surface area (Å²) < 4.78 is 2.00. The molecular formula is C12H23N5S. The minimum Gasteiger partial charge on any atom is -0.300 e. The number of likely N-dealkylation sites (N-methyl/N-ethyl adjacent to an activating group) is 1. The van der Waals surface area contributed by atoms with E-state index in [1.807, 2.05) is 22.6 Å². The van der Waals surface area contributed by atoms with Gasteiger partial charge in [0.2, 0.25) is 0 Å². The predicted molar refractivity (Wildman–Crippen MR) is 76.3 cm³/mol. The van der Waals surface area contributed by atoms with Gasteiger partial charge >= 0.3 is 0 Å². The van der Waals surface area contributed by atoms with Crippen LogP contribution in [0.15, 0.2) is 12.4 Å². The second-order valence-corrected chi connectivity index (χ2v) is 5.95. The molecule has 0 bridgehead atoms. The van der Waals surface area contributed by atoms with Gasteiger partial charge in [-0.15, -0.1) is 0 Å². The zero-order valence-corrected chi connectivity index (χ0v) is 12.0. The maximum Gasteiger partial charge on any atom is 0.0654 e. The Morgan fingerprint density at radius 1 is 1.67 bits per heavy atom. The summed E-state index contributed by atoms with van der Waals surface area (Å²) in [5.41, 5.74) is 4.15. The normalized spacial score (nSPS) is 23.2. The van der Waals surface area contributed by atoms with Gasteiger partial charge in [-0.1, -0.05) is 6.92 Å². The smallest absolute Gasteiger partial charge is 0.0654 e. The van der Waals surface area contributed by atoms with Crippen LogP contribution in [0.4, 0.5) is 0 Å². The first-order chi connectivity index (χ1) is 8.76. The molecule has 0 aliphatic carbocycles. The van der Waals surface area contributed by atoms with Crippen molar-refractivity contribution in [2.75, 3.05) is 25.1 Å². The molecule has 6 heteroatoms. The Morgan fingerprint density at radius 2 is 2.50 bits per heavy atom. The van der Waals surface area contributed by atoms with Crippen molar-refractivity contribution >= 4 is 11.8 Å². The zero-order chi connectivity index (χ0) is 13.0. The van der Waals surface area contributed by atoms with Crippen molar-refractivity contribution in [1.29, 1.82) is 0 Å². The molecule has 2 heterocycles. The molecule has 18 heavy (non-hydrogen) atoms. The average Bonchev–Trinajstić information content (AvgIpc) is 2.82. The molecule has 1 aliphatic heterocycles. The molecule has 2 rings (SSSR count). The molecule has 0 spiro atoms. The molecular weight excluding hydrogens is 246 g/mol. The molecule has 1 aliphatic rings. The van der Waals surface area contributed by atoms with E-state index in [-0.39, 0.29) is 6.04 Å². The summed E-state index contributed by atoms with van der Waals surface area (Å²) in [4.78, 5) is 2.39. The number of nitrogens with two attached hydrogens (primary N) is 1. The lowest BCUT2D eigenvalue weighted by molar-refractivity contribution is 0.216. The molecule has 2 atom stereocenters. The van der Waals surface area contributed by atoms with Gasteiger partial charge in [0.15, 0.2) is 0 Å². The van der Waals surface area contributed by atoms with Gasteiger partial charge in [0.1, 0.15) is 0 Å². The van der Waals surface area contributed by atoms with Gasteiger partial charge in [0.25, 0.3) is 0 Å². The summed E-state index contributed by atoms with van der Waals surface area (Å²) in [5, 5.41) is 4.39. The van der Waals surface area contributed by atoms with E-state index in [9.17, 15) is 0 Å². The van der Waals surface area contributed by atoms with Crippen molar-refractivity contribution < 1.29 is 0 Å². The highest BCUT2D eigenvalue weighted by Gasteiger charge is 2.29. The van der Waals surface area contributed by atoms with Crippen LogP contribution in [0, 0.1) is 0 Å². The molecule has 1 saturated heterocycles. The maximum absolute atomic E-state index is 5.76. The maximum atomic E-state index is 5.76. The van der Waals surface area contributed by atoms with Crippen LogP contribution in [0.2, 0.25) is 0 Å². The lowest BCUT2D eigenvalue weighted by atomic mass is 10.0. The summed E-state index contributed by atoms with van der Waals surface area (Å²) in [5.74, 6) is 8.08. The average molecular weight is 269 g/mol. The van der Waals surface area contributed by atoms with E-state index in [1.165, 1.54) is 11.3 Å². The summed E-state index contributed by atoms with van der Waals surface area (Å²) in [6.45, 7) is 4.24. The van der Waals surface area contributed by atoms with E-state index in [2.05, 4.69) is 35.6 Å². The van der Waals surface area contributed by atoms with Crippen molar-refractivity contribution in [3.63, 3.8) is 0 Å². The van der Waals surface area contributed by atoms with E-state index in [0.29, 0.717) is 6.04 Å². The quantitative estimate of drug-likeness (QED) is 0.613. The van der Waals surface area contributed by atoms with Gasteiger partial charge in [0, 0.05) is 42.4 Å². The topological polar surface area (TPSA) is 59.1 Å². The van der Waals surface area contributed by atoms with Crippen LogP contribution in [0.25, 0.3) is 0 Å². The Kier molecular flexibility index (Phi) is 5.05. The fourth-order valence-corrected chi connectivity index (χ4v) is 3.65. The van der Waals surface area contributed by atoms with Crippen LogP contribution in [0.5, 0.6) is 0 Å². The van der Waals surface area contributed by atoms with Gasteiger partial charge in [-0.05, 0) is 13.5 Å². The van der Waals surface area contributed by atoms with Gasteiger partial charge in [-0.25, -0.2) is 0 Å². The number of nitrogens with zero attached hydrogens (tertiary/aromatic N) is 3. The monoisotopic (exact) mass is 269 g/mol. The second kappa shape index (κ2) is 6.56.